The van der Waals surface area contributed by atoms with Crippen LogP contribution in [-0.4, -0.2) is 42.4 Å². The number of aromatic nitrogens is 4. The zero-order valence-electron chi connectivity index (χ0n) is 17.5. The van der Waals surface area contributed by atoms with Crippen LogP contribution in [0.3, 0.4) is 0 Å². The number of aryl methyl sites for hydroxylation is 2. The quantitative estimate of drug-likeness (QED) is 0.539. The van der Waals surface area contributed by atoms with Gasteiger partial charge >= 0.3 is 0 Å². The van der Waals surface area contributed by atoms with Crippen LogP contribution < -0.4 is 5.32 Å². The lowest BCUT2D eigenvalue weighted by Gasteiger charge is -2.20. The Balaban J connectivity index is 1.44. The number of benzene rings is 1. The second-order valence-electron chi connectivity index (χ2n) is 7.75. The van der Waals surface area contributed by atoms with Gasteiger partial charge in [-0.1, -0.05) is 12.1 Å². The number of rotatable bonds is 3. The van der Waals surface area contributed by atoms with E-state index < -0.39 is 11.7 Å². The van der Waals surface area contributed by atoms with Gasteiger partial charge in [-0.3, -0.25) is 18.7 Å². The van der Waals surface area contributed by atoms with Crippen LogP contribution in [0.15, 0.2) is 54.9 Å². The molecule has 0 bridgehead atoms. The number of nitrogens with one attached hydrogen (secondary N) is 1. The van der Waals surface area contributed by atoms with Crippen molar-refractivity contribution >= 4 is 23.1 Å². The van der Waals surface area contributed by atoms with Gasteiger partial charge in [-0.05, 0) is 43.7 Å². The molecule has 0 spiro atoms. The second kappa shape index (κ2) is 7.92. The molecular formula is C23H21FN6O2. The number of fused-ring (bicyclic) bond motifs is 2. The Bertz CT molecular complexity index is 1340. The van der Waals surface area contributed by atoms with Gasteiger partial charge in [0.25, 0.3) is 11.8 Å². The van der Waals surface area contributed by atoms with Crippen molar-refractivity contribution < 1.29 is 14.0 Å². The zero-order valence-corrected chi connectivity index (χ0v) is 17.5. The lowest BCUT2D eigenvalue weighted by Crippen LogP contribution is -2.32. The lowest BCUT2D eigenvalue weighted by atomic mass is 10.2. The molecule has 0 unspecified atom stereocenters. The molecule has 162 valence electrons. The highest BCUT2D eigenvalue weighted by molar-refractivity contribution is 6.05. The molecule has 1 aliphatic rings. The van der Waals surface area contributed by atoms with Gasteiger partial charge in [-0.2, -0.15) is 5.10 Å². The third-order valence-corrected chi connectivity index (χ3v) is 5.61. The van der Waals surface area contributed by atoms with Gasteiger partial charge in [-0.15, -0.1) is 0 Å². The molecule has 1 aliphatic heterocycles. The van der Waals surface area contributed by atoms with E-state index in [0.717, 1.165) is 0 Å². The fourth-order valence-corrected chi connectivity index (χ4v) is 4.09. The second-order valence-corrected chi connectivity index (χ2v) is 7.75. The van der Waals surface area contributed by atoms with Gasteiger partial charge in [0.1, 0.15) is 17.2 Å². The number of amides is 2. The Kier molecular flexibility index (Phi) is 4.93. The summed E-state index contributed by atoms with van der Waals surface area (Å²) >= 11 is 0. The van der Waals surface area contributed by atoms with E-state index in [4.69, 9.17) is 0 Å². The topological polar surface area (TPSA) is 84.5 Å². The Morgan fingerprint density at radius 3 is 2.84 bits per heavy atom. The molecule has 0 radical (unpaired) electrons. The van der Waals surface area contributed by atoms with Gasteiger partial charge in [-0.25, -0.2) is 9.37 Å². The monoisotopic (exact) mass is 432 g/mol. The summed E-state index contributed by atoms with van der Waals surface area (Å²) < 4.78 is 17.0. The van der Waals surface area contributed by atoms with Crippen LogP contribution in [0, 0.1) is 12.7 Å². The summed E-state index contributed by atoms with van der Waals surface area (Å²) in [5.41, 5.74) is 3.25. The van der Waals surface area contributed by atoms with Gasteiger partial charge in [0.05, 0.1) is 29.7 Å². The van der Waals surface area contributed by atoms with Gasteiger partial charge in [0, 0.05) is 25.0 Å². The van der Waals surface area contributed by atoms with Crippen LogP contribution in [0.2, 0.25) is 0 Å². The van der Waals surface area contributed by atoms with Crippen molar-refractivity contribution in [2.45, 2.75) is 26.4 Å². The molecule has 0 fully saturated rings. The minimum absolute atomic E-state index is 0.146. The molecule has 4 aromatic rings. The summed E-state index contributed by atoms with van der Waals surface area (Å²) in [6.07, 6.45) is 4.03. The maximum atomic E-state index is 13.5. The van der Waals surface area contributed by atoms with E-state index in [0.29, 0.717) is 53.5 Å². The summed E-state index contributed by atoms with van der Waals surface area (Å²) in [5.74, 6) is -0.971. The summed E-state index contributed by atoms with van der Waals surface area (Å²) in [4.78, 5) is 32.6. The third kappa shape index (κ3) is 3.51. The van der Waals surface area contributed by atoms with Crippen LogP contribution in [0.1, 0.15) is 38.7 Å². The fourth-order valence-electron chi connectivity index (χ4n) is 4.09. The average Bonchev–Trinajstić information content (AvgIpc) is 3.25. The van der Waals surface area contributed by atoms with Gasteiger partial charge < -0.3 is 10.2 Å². The van der Waals surface area contributed by atoms with E-state index >= 15 is 0 Å². The van der Waals surface area contributed by atoms with Crippen molar-refractivity contribution in [3.05, 3.63) is 83.3 Å². The van der Waals surface area contributed by atoms with Crippen LogP contribution in [0.5, 0.6) is 0 Å². The average molecular weight is 432 g/mol. The van der Waals surface area contributed by atoms with E-state index in [1.807, 2.05) is 31.3 Å². The lowest BCUT2D eigenvalue weighted by molar-refractivity contribution is 0.0736. The Hall–Kier alpha value is -4.01. The van der Waals surface area contributed by atoms with Gasteiger partial charge in [0.2, 0.25) is 0 Å². The molecule has 4 heterocycles. The van der Waals surface area contributed by atoms with Crippen molar-refractivity contribution in [1.29, 1.82) is 0 Å². The van der Waals surface area contributed by atoms with E-state index in [9.17, 15) is 14.0 Å². The van der Waals surface area contributed by atoms with Crippen molar-refractivity contribution in [1.82, 2.24) is 24.1 Å². The Morgan fingerprint density at radius 1 is 1.12 bits per heavy atom. The third-order valence-electron chi connectivity index (χ3n) is 5.61. The predicted molar refractivity (Wildman–Crippen MR) is 116 cm³/mol. The highest BCUT2D eigenvalue weighted by atomic mass is 19.1. The molecule has 0 aliphatic carbocycles. The number of hydrogen-bond donors (Lipinski definition) is 1. The normalized spacial score (nSPS) is 13.6. The molecule has 0 saturated heterocycles. The summed E-state index contributed by atoms with van der Waals surface area (Å²) in [6, 6.07) is 11.3. The highest BCUT2D eigenvalue weighted by Crippen LogP contribution is 2.22. The summed E-state index contributed by atoms with van der Waals surface area (Å²) in [6.45, 7) is 3.19. The number of nitrogens with zero attached hydrogens (tertiary/aromatic N) is 5. The SMILES string of the molecule is Cc1nc2ccccn2c1C(=O)N1CCCn2ncc(C(=O)Nc3cccc(F)c3)c2C1. The Morgan fingerprint density at radius 2 is 2.00 bits per heavy atom. The highest BCUT2D eigenvalue weighted by Gasteiger charge is 2.28. The van der Waals surface area contributed by atoms with Crippen molar-refractivity contribution in [2.75, 3.05) is 11.9 Å². The minimum atomic E-state index is -0.434. The summed E-state index contributed by atoms with van der Waals surface area (Å²) in [5, 5.41) is 7.06. The molecule has 2 amide bonds. The molecular weight excluding hydrogens is 411 g/mol. The van der Waals surface area contributed by atoms with Gasteiger partial charge in [0.15, 0.2) is 0 Å². The smallest absolute Gasteiger partial charge is 0.273 e. The molecule has 0 saturated carbocycles. The first-order chi connectivity index (χ1) is 15.5. The molecule has 5 rings (SSSR count). The molecule has 3 aromatic heterocycles. The maximum Gasteiger partial charge on any atom is 0.273 e. The zero-order chi connectivity index (χ0) is 22.2. The number of carbonyl (C=O) groups is 2. The van der Waals surface area contributed by atoms with E-state index in [-0.39, 0.29) is 12.5 Å². The molecule has 32 heavy (non-hydrogen) atoms. The number of hydrogen-bond acceptors (Lipinski definition) is 4. The van der Waals surface area contributed by atoms with Crippen LogP contribution in [-0.2, 0) is 13.1 Å². The number of pyridine rings is 1. The predicted octanol–water partition coefficient (Wildman–Crippen LogP) is 3.28. The first-order valence-electron chi connectivity index (χ1n) is 10.4. The van der Waals surface area contributed by atoms with Crippen molar-refractivity contribution in [3.8, 4) is 0 Å². The van der Waals surface area contributed by atoms with Crippen molar-refractivity contribution in [3.63, 3.8) is 0 Å². The molecule has 9 heteroatoms. The van der Waals surface area contributed by atoms with Crippen molar-refractivity contribution in [2.24, 2.45) is 0 Å². The first kappa shape index (κ1) is 19.9. The molecule has 0 atom stereocenters. The minimum Gasteiger partial charge on any atom is -0.331 e. The van der Waals surface area contributed by atoms with E-state index in [1.165, 1.54) is 24.4 Å². The van der Waals surface area contributed by atoms with Crippen LogP contribution in [0.25, 0.3) is 5.65 Å². The maximum absolute atomic E-state index is 13.5. The van der Waals surface area contributed by atoms with Crippen LogP contribution in [0.4, 0.5) is 10.1 Å². The molecule has 1 aromatic carbocycles. The largest absolute Gasteiger partial charge is 0.331 e. The Labute approximate surface area is 183 Å². The number of carbonyl (C=O) groups excluding carboxylic acids is 2. The molecule has 1 N–H and O–H groups in total. The molecule has 8 nitrogen and oxygen atoms in total. The number of imidazole rings is 1. The summed E-state index contributed by atoms with van der Waals surface area (Å²) in [7, 11) is 0. The fraction of sp³-hybridized carbons (Fsp3) is 0.217. The standard InChI is InChI=1S/C23H21FN6O2/c1-15-21(29-10-3-2-8-20(29)26-15)23(32)28-9-5-11-30-19(14-28)18(13-25-30)22(31)27-17-7-4-6-16(24)12-17/h2-4,6-8,10,12-13H,5,9,11,14H2,1H3,(H,27,31). The number of halogens is 1. The number of anilines is 1. The van der Waals surface area contributed by atoms with E-state index in [1.54, 1.807) is 20.0 Å². The first-order valence-corrected chi connectivity index (χ1v) is 10.4. The van der Waals surface area contributed by atoms with E-state index in [2.05, 4.69) is 15.4 Å². The van der Waals surface area contributed by atoms with Crippen LogP contribution >= 0.6 is 0 Å².